The minimum absolute atomic E-state index is 0.0391. The van der Waals surface area contributed by atoms with E-state index < -0.39 is 13.6 Å². The highest BCUT2D eigenvalue weighted by Crippen LogP contribution is 2.50. The monoisotopic (exact) mass is 624 g/mol. The molecule has 0 aliphatic heterocycles. The van der Waals surface area contributed by atoms with Crippen LogP contribution in [0.5, 0.6) is 0 Å². The van der Waals surface area contributed by atoms with Crippen molar-refractivity contribution < 1.29 is 52.1 Å². The Kier molecular flexibility index (Phi) is 18.8. The predicted octanol–water partition coefficient (Wildman–Crippen LogP) is 2.39. The van der Waals surface area contributed by atoms with E-state index in [9.17, 15) is 18.9 Å². The second-order valence-corrected chi connectivity index (χ2v) is 11.2. The van der Waals surface area contributed by atoms with Crippen LogP contribution in [0.4, 0.5) is 0 Å². The van der Waals surface area contributed by atoms with E-state index in [1.54, 1.807) is 0 Å². The SMILES string of the molecule is O=C(O)COCCOCCNC(=O)COCCOCCNC(=O)CCP(=O)(OCc1ccccc1)OCc1ccccc1. The summed E-state index contributed by atoms with van der Waals surface area (Å²) < 4.78 is 45.5. The largest absolute Gasteiger partial charge is 0.480 e. The van der Waals surface area contributed by atoms with Gasteiger partial charge < -0.3 is 43.7 Å². The zero-order valence-corrected chi connectivity index (χ0v) is 25.0. The van der Waals surface area contributed by atoms with Gasteiger partial charge in [0.2, 0.25) is 11.8 Å². The molecule has 14 heteroatoms. The van der Waals surface area contributed by atoms with Crippen LogP contribution in [-0.4, -0.2) is 95.0 Å². The second kappa shape index (κ2) is 22.4. The molecule has 0 fully saturated rings. The van der Waals surface area contributed by atoms with E-state index in [1.807, 2.05) is 60.7 Å². The Morgan fingerprint density at radius 3 is 1.60 bits per heavy atom. The summed E-state index contributed by atoms with van der Waals surface area (Å²) >= 11 is 0. The van der Waals surface area contributed by atoms with Crippen LogP contribution in [0.25, 0.3) is 0 Å². The number of amides is 2. The van der Waals surface area contributed by atoms with Gasteiger partial charge >= 0.3 is 13.6 Å². The summed E-state index contributed by atoms with van der Waals surface area (Å²) in [6.07, 6.45) is -0.106. The number of carbonyl (C=O) groups excluding carboxylic acids is 2. The van der Waals surface area contributed by atoms with Crippen LogP contribution >= 0.6 is 7.60 Å². The fraction of sp³-hybridized carbons (Fsp3) is 0.483. The molecule has 0 aliphatic carbocycles. The molecule has 0 saturated heterocycles. The van der Waals surface area contributed by atoms with Crippen LogP contribution in [0.1, 0.15) is 17.5 Å². The zero-order chi connectivity index (χ0) is 31.0. The average molecular weight is 625 g/mol. The van der Waals surface area contributed by atoms with Crippen LogP contribution in [0, 0.1) is 0 Å². The topological polar surface area (TPSA) is 168 Å². The Morgan fingerprint density at radius 1 is 0.628 bits per heavy atom. The number of carbonyl (C=O) groups is 3. The van der Waals surface area contributed by atoms with Gasteiger partial charge in [-0.1, -0.05) is 60.7 Å². The standard InChI is InChI=1S/C29H41N2O11P/c32-27(30-12-14-37-16-18-39-23-28(33)31-13-15-38-17-19-40-24-29(34)35)11-20-43(36,41-21-25-7-3-1-4-8-25)42-22-26-9-5-2-6-10-26/h1-10H,11-24H2,(H,30,32)(H,31,33)(H,34,35). The number of nitrogens with one attached hydrogen (secondary N) is 2. The molecule has 0 atom stereocenters. The van der Waals surface area contributed by atoms with Gasteiger partial charge in [-0.25, -0.2) is 4.79 Å². The van der Waals surface area contributed by atoms with Gasteiger partial charge in [0.05, 0.1) is 59.0 Å². The summed E-state index contributed by atoms with van der Waals surface area (Å²) in [6, 6.07) is 18.6. The summed E-state index contributed by atoms with van der Waals surface area (Å²) in [4.78, 5) is 34.4. The van der Waals surface area contributed by atoms with Crippen molar-refractivity contribution in [3.63, 3.8) is 0 Å². The molecule has 238 valence electrons. The van der Waals surface area contributed by atoms with Crippen molar-refractivity contribution in [2.24, 2.45) is 0 Å². The first-order valence-electron chi connectivity index (χ1n) is 13.9. The molecule has 0 aromatic heterocycles. The predicted molar refractivity (Wildman–Crippen MR) is 156 cm³/mol. The number of hydrogen-bond donors (Lipinski definition) is 3. The molecule has 0 heterocycles. The summed E-state index contributed by atoms with van der Waals surface area (Å²) in [5, 5.41) is 13.8. The number of hydrogen-bond acceptors (Lipinski definition) is 10. The van der Waals surface area contributed by atoms with E-state index in [2.05, 4.69) is 10.6 Å². The molecule has 43 heavy (non-hydrogen) atoms. The van der Waals surface area contributed by atoms with Crippen LogP contribution in [-0.2, 0) is 60.2 Å². The normalized spacial score (nSPS) is 11.3. The van der Waals surface area contributed by atoms with Gasteiger partial charge in [-0.15, -0.1) is 0 Å². The number of carboxylic acids is 1. The maximum Gasteiger partial charge on any atom is 0.331 e. The average Bonchev–Trinajstić information content (AvgIpc) is 3.01. The first-order valence-corrected chi connectivity index (χ1v) is 15.6. The van der Waals surface area contributed by atoms with Gasteiger partial charge in [0.25, 0.3) is 0 Å². The van der Waals surface area contributed by atoms with Gasteiger partial charge in [-0.2, -0.15) is 0 Å². The van der Waals surface area contributed by atoms with E-state index in [-0.39, 0.29) is 104 Å². The molecule has 2 rings (SSSR count). The number of benzene rings is 2. The molecule has 13 nitrogen and oxygen atoms in total. The number of rotatable bonds is 25. The lowest BCUT2D eigenvalue weighted by Crippen LogP contribution is -2.31. The lowest BCUT2D eigenvalue weighted by atomic mass is 10.2. The molecule has 3 N–H and O–H groups in total. The third-order valence-electron chi connectivity index (χ3n) is 5.49. The lowest BCUT2D eigenvalue weighted by molar-refractivity contribution is -0.142. The molecular weight excluding hydrogens is 583 g/mol. The molecule has 0 spiro atoms. The maximum absolute atomic E-state index is 13.4. The third kappa shape index (κ3) is 18.9. The fourth-order valence-electron chi connectivity index (χ4n) is 3.33. The Bertz CT molecular complexity index is 1060. The fourth-order valence-corrected chi connectivity index (χ4v) is 4.83. The molecule has 0 aliphatic rings. The van der Waals surface area contributed by atoms with E-state index in [0.717, 1.165) is 11.1 Å². The van der Waals surface area contributed by atoms with Crippen LogP contribution in [0.2, 0.25) is 0 Å². The van der Waals surface area contributed by atoms with Gasteiger partial charge in [-0.3, -0.25) is 14.2 Å². The highest BCUT2D eigenvalue weighted by molar-refractivity contribution is 7.53. The lowest BCUT2D eigenvalue weighted by Gasteiger charge is -2.19. The van der Waals surface area contributed by atoms with Gasteiger partial charge in [-0.05, 0) is 11.1 Å². The van der Waals surface area contributed by atoms with E-state index in [4.69, 9.17) is 33.1 Å². The number of ether oxygens (including phenoxy) is 4. The summed E-state index contributed by atoms with van der Waals surface area (Å²) in [5.74, 6) is -1.66. The van der Waals surface area contributed by atoms with Crippen molar-refractivity contribution in [3.05, 3.63) is 71.8 Å². The van der Waals surface area contributed by atoms with Gasteiger partial charge in [0.15, 0.2) is 0 Å². The van der Waals surface area contributed by atoms with Crippen LogP contribution in [0.15, 0.2) is 60.7 Å². The third-order valence-corrected chi connectivity index (χ3v) is 7.31. The summed E-state index contributed by atoms with van der Waals surface area (Å²) in [6.45, 7) is 1.54. The van der Waals surface area contributed by atoms with Crippen molar-refractivity contribution in [2.75, 3.05) is 72.1 Å². The molecule has 2 amide bonds. The maximum atomic E-state index is 13.4. The van der Waals surface area contributed by atoms with Crippen molar-refractivity contribution >= 4 is 25.4 Å². The summed E-state index contributed by atoms with van der Waals surface area (Å²) in [5.41, 5.74) is 1.70. The van der Waals surface area contributed by atoms with Crippen molar-refractivity contribution in [2.45, 2.75) is 19.6 Å². The van der Waals surface area contributed by atoms with Crippen molar-refractivity contribution in [1.29, 1.82) is 0 Å². The van der Waals surface area contributed by atoms with Gasteiger partial charge in [0, 0.05) is 19.5 Å². The minimum Gasteiger partial charge on any atom is -0.480 e. The highest BCUT2D eigenvalue weighted by atomic mass is 31.2. The Labute approximate surface area is 251 Å². The smallest absolute Gasteiger partial charge is 0.331 e. The first kappa shape index (κ1) is 36.0. The van der Waals surface area contributed by atoms with E-state index >= 15 is 0 Å². The van der Waals surface area contributed by atoms with E-state index in [0.29, 0.717) is 0 Å². The molecule has 0 saturated carbocycles. The first-order chi connectivity index (χ1) is 20.9. The Balaban J connectivity index is 1.52. The van der Waals surface area contributed by atoms with Crippen molar-refractivity contribution in [3.8, 4) is 0 Å². The molecule has 0 bridgehead atoms. The number of carboxylic acid groups (broad SMARTS) is 1. The number of aliphatic carboxylic acids is 1. The summed E-state index contributed by atoms with van der Waals surface area (Å²) in [7, 11) is -3.56. The van der Waals surface area contributed by atoms with E-state index in [1.165, 1.54) is 0 Å². The molecule has 2 aromatic carbocycles. The van der Waals surface area contributed by atoms with Crippen LogP contribution < -0.4 is 10.6 Å². The Hall–Kier alpha value is -3.16. The van der Waals surface area contributed by atoms with Gasteiger partial charge in [0.1, 0.15) is 13.2 Å². The molecule has 0 radical (unpaired) electrons. The second-order valence-electron chi connectivity index (χ2n) is 9.03. The molecular formula is C29H41N2O11P. The quantitative estimate of drug-likeness (QED) is 0.110. The van der Waals surface area contributed by atoms with Crippen LogP contribution in [0.3, 0.4) is 0 Å². The molecule has 0 unspecified atom stereocenters. The molecule has 2 aromatic rings. The zero-order valence-electron chi connectivity index (χ0n) is 24.1. The Morgan fingerprint density at radius 2 is 1.09 bits per heavy atom. The van der Waals surface area contributed by atoms with Crippen molar-refractivity contribution in [1.82, 2.24) is 10.6 Å². The highest BCUT2D eigenvalue weighted by Gasteiger charge is 2.26. The minimum atomic E-state index is -3.56.